The molecular weight excluding hydrogens is 373 g/mol. The Hall–Kier alpha value is -3.11. The lowest BCUT2D eigenvalue weighted by atomic mass is 10.2. The molecule has 148 valence electrons. The normalized spacial score (nSPS) is 16.2. The number of imidazole rings is 1. The van der Waals surface area contributed by atoms with Gasteiger partial charge in [0, 0.05) is 38.1 Å². The van der Waals surface area contributed by atoms with Crippen LogP contribution in [0.2, 0.25) is 0 Å². The molecule has 28 heavy (non-hydrogen) atoms. The minimum absolute atomic E-state index is 0.0750. The van der Waals surface area contributed by atoms with Crippen molar-refractivity contribution < 1.29 is 13.2 Å². The van der Waals surface area contributed by atoms with E-state index in [1.54, 1.807) is 19.3 Å². The molecule has 1 aliphatic heterocycles. The topological polar surface area (TPSA) is 85.5 Å². The van der Waals surface area contributed by atoms with Crippen LogP contribution in [0.4, 0.5) is 30.6 Å². The number of rotatable bonds is 5. The van der Waals surface area contributed by atoms with Crippen molar-refractivity contribution in [3.8, 4) is 0 Å². The molecule has 0 amide bonds. The summed E-state index contributed by atoms with van der Waals surface area (Å²) < 4.78 is 43.3. The van der Waals surface area contributed by atoms with Crippen molar-refractivity contribution in [2.45, 2.75) is 39.0 Å². The van der Waals surface area contributed by atoms with Crippen molar-refractivity contribution in [1.82, 2.24) is 29.3 Å². The average Bonchev–Trinajstić information content (AvgIpc) is 3.30. The lowest BCUT2D eigenvalue weighted by Crippen LogP contribution is -2.15. The molecule has 1 atom stereocenters. The maximum atomic E-state index is 13.1. The predicted molar refractivity (Wildman–Crippen MR) is 96.4 cm³/mol. The summed E-state index contributed by atoms with van der Waals surface area (Å²) in [5, 5.41) is 10.0. The molecule has 0 unspecified atom stereocenters. The van der Waals surface area contributed by atoms with Crippen LogP contribution < -0.4 is 10.6 Å². The van der Waals surface area contributed by atoms with Crippen molar-refractivity contribution in [3.63, 3.8) is 0 Å². The second kappa shape index (κ2) is 6.80. The molecule has 0 saturated heterocycles. The second-order valence-corrected chi connectivity index (χ2v) is 6.55. The Kier molecular flexibility index (Phi) is 4.44. The quantitative estimate of drug-likeness (QED) is 0.694. The van der Waals surface area contributed by atoms with E-state index in [2.05, 4.69) is 35.3 Å². The molecule has 3 aromatic heterocycles. The Morgan fingerprint density at radius 1 is 1.25 bits per heavy atom. The fraction of sp³-hybridized carbons (Fsp3) is 0.412. The van der Waals surface area contributed by atoms with Gasteiger partial charge in [-0.2, -0.15) is 23.3 Å². The molecule has 0 fully saturated rings. The first kappa shape index (κ1) is 18.3. The molecular formula is C17H19F3N8. The van der Waals surface area contributed by atoms with Crippen LogP contribution in [0.1, 0.15) is 30.0 Å². The number of alkyl halides is 3. The summed E-state index contributed by atoms with van der Waals surface area (Å²) in [5.41, 5.74) is 0.601. The van der Waals surface area contributed by atoms with E-state index in [1.807, 2.05) is 17.8 Å². The molecule has 0 saturated carbocycles. The second-order valence-electron chi connectivity index (χ2n) is 6.55. The zero-order valence-electron chi connectivity index (χ0n) is 15.3. The van der Waals surface area contributed by atoms with E-state index in [9.17, 15) is 13.2 Å². The lowest BCUT2D eigenvalue weighted by Gasteiger charge is -2.14. The Morgan fingerprint density at radius 3 is 2.79 bits per heavy atom. The smallest absolute Gasteiger partial charge is 0.370 e. The maximum absolute atomic E-state index is 13.1. The average molecular weight is 392 g/mol. The molecule has 4 rings (SSSR count). The number of hydrogen-bond donors (Lipinski definition) is 2. The minimum Gasteiger partial charge on any atom is -0.370 e. The van der Waals surface area contributed by atoms with Gasteiger partial charge >= 0.3 is 6.18 Å². The van der Waals surface area contributed by atoms with Crippen LogP contribution in [0.3, 0.4) is 0 Å². The van der Waals surface area contributed by atoms with E-state index in [0.29, 0.717) is 12.2 Å². The maximum Gasteiger partial charge on any atom is 0.421 e. The number of fused-ring (bicyclic) bond motifs is 1. The highest BCUT2D eigenvalue weighted by molar-refractivity contribution is 5.58. The summed E-state index contributed by atoms with van der Waals surface area (Å²) in [6, 6.07) is 0.144. The zero-order valence-corrected chi connectivity index (χ0v) is 15.3. The van der Waals surface area contributed by atoms with Gasteiger partial charge < -0.3 is 15.2 Å². The Morgan fingerprint density at radius 2 is 2.07 bits per heavy atom. The van der Waals surface area contributed by atoms with Gasteiger partial charge in [-0.3, -0.25) is 4.68 Å². The molecule has 11 heteroatoms. The van der Waals surface area contributed by atoms with Crippen molar-refractivity contribution in [1.29, 1.82) is 0 Å². The monoisotopic (exact) mass is 392 g/mol. The molecule has 0 spiro atoms. The largest absolute Gasteiger partial charge is 0.421 e. The van der Waals surface area contributed by atoms with Crippen LogP contribution in [-0.2, 0) is 19.1 Å². The number of aromatic nitrogens is 6. The third kappa shape index (κ3) is 3.27. The summed E-state index contributed by atoms with van der Waals surface area (Å²) in [4.78, 5) is 12.1. The van der Waals surface area contributed by atoms with Gasteiger partial charge in [-0.05, 0) is 13.8 Å². The first-order valence-corrected chi connectivity index (χ1v) is 8.86. The van der Waals surface area contributed by atoms with Crippen molar-refractivity contribution in [3.05, 3.63) is 41.9 Å². The molecule has 0 radical (unpaired) electrons. The fourth-order valence-corrected chi connectivity index (χ4v) is 3.35. The SMILES string of the molecule is CCNc1nc(Nc2cnn([C@H]3Cc4nccn4C3)c2C)ncc1C(F)(F)F. The lowest BCUT2D eigenvalue weighted by molar-refractivity contribution is -0.137. The minimum atomic E-state index is -4.52. The third-order valence-electron chi connectivity index (χ3n) is 4.70. The predicted octanol–water partition coefficient (Wildman–Crippen LogP) is 3.17. The van der Waals surface area contributed by atoms with Crippen molar-refractivity contribution in [2.24, 2.45) is 0 Å². The van der Waals surface area contributed by atoms with Gasteiger partial charge in [-0.25, -0.2) is 9.97 Å². The first-order valence-electron chi connectivity index (χ1n) is 8.86. The van der Waals surface area contributed by atoms with Crippen molar-refractivity contribution >= 4 is 17.5 Å². The third-order valence-corrected chi connectivity index (χ3v) is 4.70. The molecule has 8 nitrogen and oxygen atoms in total. The summed E-state index contributed by atoms with van der Waals surface area (Å²) in [6.45, 7) is 4.69. The number of halogens is 3. The molecule has 3 aromatic rings. The van der Waals surface area contributed by atoms with Crippen LogP contribution in [0, 0.1) is 6.92 Å². The zero-order chi connectivity index (χ0) is 19.9. The number of nitrogens with zero attached hydrogens (tertiary/aromatic N) is 6. The Bertz CT molecular complexity index is 970. The van der Waals surface area contributed by atoms with E-state index in [4.69, 9.17) is 0 Å². The molecule has 0 bridgehead atoms. The number of hydrogen-bond acceptors (Lipinski definition) is 6. The van der Waals surface area contributed by atoms with Gasteiger partial charge in [0.25, 0.3) is 0 Å². The van der Waals surface area contributed by atoms with E-state index in [1.165, 1.54) is 0 Å². The molecule has 2 N–H and O–H groups in total. The van der Waals surface area contributed by atoms with E-state index in [0.717, 1.165) is 30.7 Å². The molecule has 0 aromatic carbocycles. The highest BCUT2D eigenvalue weighted by Crippen LogP contribution is 2.34. The van der Waals surface area contributed by atoms with E-state index >= 15 is 0 Å². The van der Waals surface area contributed by atoms with Crippen LogP contribution >= 0.6 is 0 Å². The van der Waals surface area contributed by atoms with Gasteiger partial charge in [0.1, 0.15) is 17.2 Å². The Balaban J connectivity index is 1.56. The summed E-state index contributed by atoms with van der Waals surface area (Å²) in [7, 11) is 0. The van der Waals surface area contributed by atoms with Crippen molar-refractivity contribution in [2.75, 3.05) is 17.2 Å². The number of anilines is 3. The van der Waals surface area contributed by atoms with Crippen LogP contribution in [-0.4, -0.2) is 35.8 Å². The standard InChI is InChI=1S/C17H19F3N8/c1-3-21-15-12(17(18,19)20)7-23-16(26-15)25-13-8-24-28(10(13)2)11-6-14-22-4-5-27(14)9-11/h4-5,7-8,11H,3,6,9H2,1-2H3,(H2,21,23,25,26)/t11-/m0/s1. The van der Waals surface area contributed by atoms with Gasteiger partial charge in [0.2, 0.25) is 5.95 Å². The van der Waals surface area contributed by atoms with Crippen LogP contribution in [0.25, 0.3) is 0 Å². The molecule has 1 aliphatic rings. The van der Waals surface area contributed by atoms with Crippen LogP contribution in [0.15, 0.2) is 24.8 Å². The first-order chi connectivity index (χ1) is 13.4. The molecule has 4 heterocycles. The summed E-state index contributed by atoms with van der Waals surface area (Å²) in [6.07, 6.45) is 2.37. The highest BCUT2D eigenvalue weighted by Gasteiger charge is 2.35. The highest BCUT2D eigenvalue weighted by atomic mass is 19.4. The van der Waals surface area contributed by atoms with E-state index < -0.39 is 11.7 Å². The fourth-order valence-electron chi connectivity index (χ4n) is 3.35. The van der Waals surface area contributed by atoms with Gasteiger partial charge in [0.05, 0.1) is 23.6 Å². The molecule has 0 aliphatic carbocycles. The summed E-state index contributed by atoms with van der Waals surface area (Å²) in [5.74, 6) is 0.834. The number of nitrogens with one attached hydrogen (secondary N) is 2. The Labute approximate surface area is 158 Å². The van der Waals surface area contributed by atoms with Gasteiger partial charge in [-0.1, -0.05) is 0 Å². The van der Waals surface area contributed by atoms with E-state index in [-0.39, 0.29) is 17.8 Å². The van der Waals surface area contributed by atoms with Gasteiger partial charge in [-0.15, -0.1) is 0 Å². The summed E-state index contributed by atoms with van der Waals surface area (Å²) >= 11 is 0. The van der Waals surface area contributed by atoms with Crippen LogP contribution in [0.5, 0.6) is 0 Å². The van der Waals surface area contributed by atoms with Gasteiger partial charge in [0.15, 0.2) is 0 Å².